The number of halogens is 1. The van der Waals surface area contributed by atoms with Gasteiger partial charge in [0.2, 0.25) is 0 Å². The largest absolute Gasteiger partial charge is 0.294 e. The molecule has 3 nitrogen and oxygen atoms in total. The molecule has 1 heterocycles. The molecule has 0 saturated carbocycles. The Kier molecular flexibility index (Phi) is 2.51. The van der Waals surface area contributed by atoms with Crippen LogP contribution >= 0.6 is 0 Å². The quantitative estimate of drug-likeness (QED) is 0.773. The first-order valence-electron chi connectivity index (χ1n) is 6.01. The fourth-order valence-corrected chi connectivity index (χ4v) is 2.44. The summed E-state index contributed by atoms with van der Waals surface area (Å²) in [6, 6.07) is 6.15. The van der Waals surface area contributed by atoms with Crippen LogP contribution in [0.25, 0.3) is 5.69 Å². The Balaban J connectivity index is 2.09. The van der Waals surface area contributed by atoms with Crippen molar-refractivity contribution in [2.24, 2.45) is 5.92 Å². The molecule has 1 aromatic heterocycles. The molecule has 0 saturated heterocycles. The highest BCUT2D eigenvalue weighted by molar-refractivity contribution is 5.98. The lowest BCUT2D eigenvalue weighted by molar-refractivity contribution is 0.0952. The third-order valence-electron chi connectivity index (χ3n) is 3.32. The molecule has 1 aromatic carbocycles. The number of nitrogens with zero attached hydrogens (tertiary/aromatic N) is 2. The monoisotopic (exact) mass is 244 g/mol. The highest BCUT2D eigenvalue weighted by Gasteiger charge is 2.26. The minimum atomic E-state index is -0.274. The number of fused-ring (bicyclic) bond motifs is 1. The number of ketones is 1. The van der Waals surface area contributed by atoms with E-state index in [1.54, 1.807) is 23.0 Å². The summed E-state index contributed by atoms with van der Waals surface area (Å²) in [5, 5.41) is 4.26. The second kappa shape index (κ2) is 4.05. The molecule has 2 aromatic rings. The van der Waals surface area contributed by atoms with Crippen molar-refractivity contribution in [3.8, 4) is 5.69 Å². The summed E-state index contributed by atoms with van der Waals surface area (Å²) in [4.78, 5) is 11.9. The van der Waals surface area contributed by atoms with Crippen molar-refractivity contribution in [1.82, 2.24) is 9.78 Å². The zero-order valence-electron chi connectivity index (χ0n) is 10.1. The average Bonchev–Trinajstić information content (AvgIpc) is 2.74. The maximum absolute atomic E-state index is 12.9. The topological polar surface area (TPSA) is 34.9 Å². The molecule has 4 heteroatoms. The second-order valence-electron chi connectivity index (χ2n) is 4.83. The first-order valence-corrected chi connectivity index (χ1v) is 6.01. The molecule has 0 unspecified atom stereocenters. The van der Waals surface area contributed by atoms with Crippen LogP contribution in [0.3, 0.4) is 0 Å². The summed E-state index contributed by atoms with van der Waals surface area (Å²) in [6.45, 7) is 2.06. The van der Waals surface area contributed by atoms with Crippen molar-refractivity contribution in [2.75, 3.05) is 0 Å². The van der Waals surface area contributed by atoms with Crippen LogP contribution in [0.5, 0.6) is 0 Å². The average molecular weight is 244 g/mol. The summed E-state index contributed by atoms with van der Waals surface area (Å²) in [5.74, 6) is 0.210. The Hall–Kier alpha value is -1.97. The van der Waals surface area contributed by atoms with Crippen molar-refractivity contribution >= 4 is 5.78 Å². The SMILES string of the molecule is C[C@H]1CC(=O)c2cnn(-c3ccc(F)cc3)c2C1. The van der Waals surface area contributed by atoms with Gasteiger partial charge in [-0.05, 0) is 36.6 Å². The van der Waals surface area contributed by atoms with Gasteiger partial charge in [-0.15, -0.1) is 0 Å². The fraction of sp³-hybridized carbons (Fsp3) is 0.286. The van der Waals surface area contributed by atoms with Gasteiger partial charge in [-0.1, -0.05) is 6.92 Å². The van der Waals surface area contributed by atoms with Gasteiger partial charge < -0.3 is 0 Å². The number of aromatic nitrogens is 2. The molecule has 0 amide bonds. The smallest absolute Gasteiger partial charge is 0.166 e. The highest BCUT2D eigenvalue weighted by atomic mass is 19.1. The lowest BCUT2D eigenvalue weighted by Gasteiger charge is -2.18. The molecular formula is C14H13FN2O. The van der Waals surface area contributed by atoms with Crippen molar-refractivity contribution in [3.05, 3.63) is 47.5 Å². The number of rotatable bonds is 1. The molecule has 0 bridgehead atoms. The number of hydrogen-bond acceptors (Lipinski definition) is 2. The van der Waals surface area contributed by atoms with Crippen molar-refractivity contribution in [3.63, 3.8) is 0 Å². The Morgan fingerprint density at radius 3 is 2.72 bits per heavy atom. The second-order valence-corrected chi connectivity index (χ2v) is 4.83. The number of hydrogen-bond donors (Lipinski definition) is 0. The van der Waals surface area contributed by atoms with Crippen LogP contribution in [0.4, 0.5) is 4.39 Å². The van der Waals surface area contributed by atoms with Gasteiger partial charge in [0, 0.05) is 6.42 Å². The van der Waals surface area contributed by atoms with Gasteiger partial charge in [-0.3, -0.25) is 4.79 Å². The molecule has 0 N–H and O–H groups in total. The summed E-state index contributed by atoms with van der Waals surface area (Å²) in [5.41, 5.74) is 2.43. The van der Waals surface area contributed by atoms with E-state index >= 15 is 0 Å². The zero-order chi connectivity index (χ0) is 12.7. The molecule has 1 aliphatic rings. The predicted octanol–water partition coefficient (Wildman–Crippen LogP) is 2.78. The van der Waals surface area contributed by atoms with Gasteiger partial charge in [-0.2, -0.15) is 5.10 Å². The van der Waals surface area contributed by atoms with E-state index in [1.165, 1.54) is 12.1 Å². The molecule has 18 heavy (non-hydrogen) atoms. The minimum Gasteiger partial charge on any atom is -0.294 e. The van der Waals surface area contributed by atoms with E-state index in [0.717, 1.165) is 17.8 Å². The maximum Gasteiger partial charge on any atom is 0.166 e. The van der Waals surface area contributed by atoms with Gasteiger partial charge in [0.15, 0.2) is 5.78 Å². The first-order chi connectivity index (χ1) is 8.65. The molecular weight excluding hydrogens is 231 g/mol. The highest BCUT2D eigenvalue weighted by Crippen LogP contribution is 2.27. The molecule has 1 atom stereocenters. The standard InChI is InChI=1S/C14H13FN2O/c1-9-6-13-12(14(18)7-9)8-16-17(13)11-4-2-10(15)3-5-11/h2-5,8-9H,6-7H2,1H3/t9-/m1/s1. The van der Waals surface area contributed by atoms with Crippen molar-refractivity contribution in [1.29, 1.82) is 0 Å². The number of carbonyl (C=O) groups excluding carboxylic acids is 1. The minimum absolute atomic E-state index is 0.150. The molecule has 1 aliphatic carbocycles. The molecule has 0 aliphatic heterocycles. The van der Waals surface area contributed by atoms with E-state index in [1.807, 2.05) is 0 Å². The Bertz CT molecular complexity index is 601. The van der Waals surface area contributed by atoms with Gasteiger partial charge in [0.1, 0.15) is 5.82 Å². The Labute approximate surface area is 104 Å². The van der Waals surface area contributed by atoms with Crippen molar-refractivity contribution < 1.29 is 9.18 Å². The Morgan fingerprint density at radius 2 is 2.00 bits per heavy atom. The third-order valence-corrected chi connectivity index (χ3v) is 3.32. The fourth-order valence-electron chi connectivity index (χ4n) is 2.44. The van der Waals surface area contributed by atoms with E-state index in [0.29, 0.717) is 17.9 Å². The van der Waals surface area contributed by atoms with Crippen LogP contribution in [0, 0.1) is 11.7 Å². The van der Waals surface area contributed by atoms with Crippen LogP contribution in [0.1, 0.15) is 29.4 Å². The number of carbonyl (C=O) groups is 1. The van der Waals surface area contributed by atoms with E-state index in [-0.39, 0.29) is 11.6 Å². The van der Waals surface area contributed by atoms with Crippen LogP contribution in [0.15, 0.2) is 30.5 Å². The van der Waals surface area contributed by atoms with Gasteiger partial charge in [0.05, 0.1) is 23.1 Å². The normalized spacial score (nSPS) is 18.8. The molecule has 92 valence electrons. The van der Waals surface area contributed by atoms with Crippen LogP contribution < -0.4 is 0 Å². The van der Waals surface area contributed by atoms with E-state index in [2.05, 4.69) is 12.0 Å². The number of Topliss-reactive ketones (excluding diaryl/α,β-unsaturated/α-hetero) is 1. The summed E-state index contributed by atoms with van der Waals surface area (Å²) in [6.07, 6.45) is 3.04. The van der Waals surface area contributed by atoms with E-state index in [4.69, 9.17) is 0 Å². The third kappa shape index (κ3) is 1.74. The summed E-state index contributed by atoms with van der Waals surface area (Å²) < 4.78 is 14.6. The van der Waals surface area contributed by atoms with Crippen molar-refractivity contribution in [2.45, 2.75) is 19.8 Å². The first kappa shape index (κ1) is 11.1. The lowest BCUT2D eigenvalue weighted by atomic mass is 9.88. The Morgan fingerprint density at radius 1 is 1.28 bits per heavy atom. The van der Waals surface area contributed by atoms with Gasteiger partial charge in [0.25, 0.3) is 0 Å². The zero-order valence-corrected chi connectivity index (χ0v) is 10.1. The molecule has 0 fully saturated rings. The van der Waals surface area contributed by atoms with Gasteiger partial charge in [-0.25, -0.2) is 9.07 Å². The van der Waals surface area contributed by atoms with Crippen LogP contribution in [0.2, 0.25) is 0 Å². The number of benzene rings is 1. The maximum atomic E-state index is 12.9. The molecule has 3 rings (SSSR count). The predicted molar refractivity (Wildman–Crippen MR) is 65.3 cm³/mol. The van der Waals surface area contributed by atoms with Crippen LogP contribution in [-0.2, 0) is 6.42 Å². The van der Waals surface area contributed by atoms with Crippen LogP contribution in [-0.4, -0.2) is 15.6 Å². The summed E-state index contributed by atoms with van der Waals surface area (Å²) >= 11 is 0. The summed E-state index contributed by atoms with van der Waals surface area (Å²) in [7, 11) is 0. The molecule has 0 spiro atoms. The lowest BCUT2D eigenvalue weighted by Crippen LogP contribution is -2.19. The van der Waals surface area contributed by atoms with E-state index < -0.39 is 0 Å². The molecule has 0 radical (unpaired) electrons. The van der Waals surface area contributed by atoms with E-state index in [9.17, 15) is 9.18 Å². The van der Waals surface area contributed by atoms with Gasteiger partial charge >= 0.3 is 0 Å².